The first kappa shape index (κ1) is 16.7. The van der Waals surface area contributed by atoms with Gasteiger partial charge in [-0.1, -0.05) is 18.5 Å². The number of ether oxygens (including phenoxy) is 1. The highest BCUT2D eigenvalue weighted by Crippen LogP contribution is 2.22. The fourth-order valence-electron chi connectivity index (χ4n) is 2.83. The Morgan fingerprint density at radius 3 is 2.81 bits per heavy atom. The van der Waals surface area contributed by atoms with Crippen LogP contribution in [0.5, 0.6) is 0 Å². The second-order valence-electron chi connectivity index (χ2n) is 5.91. The molecule has 6 heteroatoms. The van der Waals surface area contributed by atoms with E-state index in [1.54, 1.807) is 0 Å². The van der Waals surface area contributed by atoms with Crippen LogP contribution in [0.4, 0.5) is 0 Å². The van der Waals surface area contributed by atoms with Crippen molar-refractivity contribution in [2.45, 2.75) is 38.8 Å². The first-order valence-corrected chi connectivity index (χ1v) is 8.12. The summed E-state index contributed by atoms with van der Waals surface area (Å²) in [4.78, 5) is 2.32. The van der Waals surface area contributed by atoms with Crippen molar-refractivity contribution in [3.63, 3.8) is 0 Å². The molecule has 0 radical (unpaired) electrons. The molecule has 0 saturated carbocycles. The maximum atomic E-state index is 6.40. The predicted molar refractivity (Wildman–Crippen MR) is 86.0 cm³/mol. The topological polar surface area (TPSA) is 42.3 Å². The van der Waals surface area contributed by atoms with Crippen molar-refractivity contribution in [1.82, 2.24) is 20.0 Å². The van der Waals surface area contributed by atoms with E-state index >= 15 is 0 Å². The number of aryl methyl sites for hydroxylation is 2. The maximum absolute atomic E-state index is 6.40. The van der Waals surface area contributed by atoms with Gasteiger partial charge in [0.15, 0.2) is 0 Å². The van der Waals surface area contributed by atoms with Crippen LogP contribution in [0.1, 0.15) is 24.7 Å². The van der Waals surface area contributed by atoms with Crippen molar-refractivity contribution in [3.05, 3.63) is 16.4 Å². The smallest absolute Gasteiger partial charge is 0.0858 e. The number of aromatic nitrogens is 2. The SMILES string of the molecule is CCCNC(Cc1c(Cl)c(C)nn1C)C1CN(C)CCO1. The summed E-state index contributed by atoms with van der Waals surface area (Å²) >= 11 is 6.40. The Hall–Kier alpha value is -0.620. The van der Waals surface area contributed by atoms with E-state index in [-0.39, 0.29) is 12.1 Å². The van der Waals surface area contributed by atoms with Gasteiger partial charge < -0.3 is 15.0 Å². The van der Waals surface area contributed by atoms with Crippen LogP contribution in [0.2, 0.25) is 5.02 Å². The average Bonchev–Trinajstić information content (AvgIpc) is 2.69. The summed E-state index contributed by atoms with van der Waals surface area (Å²) in [6, 6.07) is 0.264. The van der Waals surface area contributed by atoms with Gasteiger partial charge in [-0.15, -0.1) is 0 Å². The zero-order valence-corrected chi connectivity index (χ0v) is 14.3. The molecule has 0 amide bonds. The van der Waals surface area contributed by atoms with Crippen LogP contribution in [-0.4, -0.2) is 60.1 Å². The standard InChI is InChI=1S/C15H27ClN4O/c1-5-6-17-12(14-10-19(3)7-8-21-14)9-13-15(16)11(2)18-20(13)4/h12,14,17H,5-10H2,1-4H3. The quantitative estimate of drug-likeness (QED) is 0.866. The molecular weight excluding hydrogens is 288 g/mol. The Balaban J connectivity index is 2.11. The molecule has 1 aromatic heterocycles. The third kappa shape index (κ3) is 4.19. The Morgan fingerprint density at radius 2 is 2.24 bits per heavy atom. The van der Waals surface area contributed by atoms with Gasteiger partial charge in [0.05, 0.1) is 29.1 Å². The van der Waals surface area contributed by atoms with Gasteiger partial charge in [-0.05, 0) is 26.9 Å². The lowest BCUT2D eigenvalue weighted by atomic mass is 10.0. The lowest BCUT2D eigenvalue weighted by molar-refractivity contribution is -0.0386. The highest BCUT2D eigenvalue weighted by atomic mass is 35.5. The molecule has 2 rings (SSSR count). The number of nitrogens with zero attached hydrogens (tertiary/aromatic N) is 3. The Kier molecular flexibility index (Phi) is 6.05. The van der Waals surface area contributed by atoms with Crippen molar-refractivity contribution >= 4 is 11.6 Å². The van der Waals surface area contributed by atoms with Gasteiger partial charge in [-0.3, -0.25) is 4.68 Å². The number of hydrogen-bond acceptors (Lipinski definition) is 4. The minimum Gasteiger partial charge on any atom is -0.374 e. The van der Waals surface area contributed by atoms with Gasteiger partial charge in [0.25, 0.3) is 0 Å². The second-order valence-corrected chi connectivity index (χ2v) is 6.28. The van der Waals surface area contributed by atoms with E-state index in [9.17, 15) is 0 Å². The minimum atomic E-state index is 0.196. The average molecular weight is 315 g/mol. The van der Waals surface area contributed by atoms with E-state index in [0.29, 0.717) is 0 Å². The molecule has 5 nitrogen and oxygen atoms in total. The molecule has 0 aromatic carbocycles. The maximum Gasteiger partial charge on any atom is 0.0858 e. The van der Waals surface area contributed by atoms with Crippen molar-refractivity contribution in [1.29, 1.82) is 0 Å². The van der Waals surface area contributed by atoms with E-state index in [1.165, 1.54) is 0 Å². The van der Waals surface area contributed by atoms with Crippen LogP contribution in [0, 0.1) is 6.92 Å². The minimum absolute atomic E-state index is 0.196. The molecule has 1 saturated heterocycles. The van der Waals surface area contributed by atoms with Crippen LogP contribution in [-0.2, 0) is 18.2 Å². The fraction of sp³-hybridized carbons (Fsp3) is 0.800. The van der Waals surface area contributed by atoms with Gasteiger partial charge in [-0.25, -0.2) is 0 Å². The monoisotopic (exact) mass is 314 g/mol. The summed E-state index contributed by atoms with van der Waals surface area (Å²) < 4.78 is 7.88. The third-order valence-electron chi connectivity index (χ3n) is 4.08. The normalized spacial score (nSPS) is 21.7. The molecule has 0 aliphatic carbocycles. The molecule has 0 bridgehead atoms. The Labute approximate surface area is 132 Å². The van der Waals surface area contributed by atoms with Gasteiger partial charge in [0.2, 0.25) is 0 Å². The molecule has 1 aliphatic rings. The van der Waals surface area contributed by atoms with E-state index < -0.39 is 0 Å². The second kappa shape index (κ2) is 7.58. The van der Waals surface area contributed by atoms with Crippen LogP contribution in [0.15, 0.2) is 0 Å². The molecule has 1 N–H and O–H groups in total. The highest BCUT2D eigenvalue weighted by molar-refractivity contribution is 6.31. The third-order valence-corrected chi connectivity index (χ3v) is 4.57. The van der Waals surface area contributed by atoms with E-state index in [0.717, 1.165) is 55.5 Å². The number of morpholine rings is 1. The molecule has 1 fully saturated rings. The van der Waals surface area contributed by atoms with E-state index in [4.69, 9.17) is 16.3 Å². The zero-order chi connectivity index (χ0) is 15.4. The molecule has 2 atom stereocenters. The lowest BCUT2D eigenvalue weighted by Crippen LogP contribution is -2.52. The zero-order valence-electron chi connectivity index (χ0n) is 13.5. The fourth-order valence-corrected chi connectivity index (χ4v) is 3.07. The molecule has 2 unspecified atom stereocenters. The lowest BCUT2D eigenvalue weighted by Gasteiger charge is -2.35. The summed E-state index contributed by atoms with van der Waals surface area (Å²) in [6.45, 7) is 7.87. The summed E-state index contributed by atoms with van der Waals surface area (Å²) in [5, 5.41) is 8.81. The number of likely N-dealkylation sites (N-methyl/N-ethyl adjacent to an activating group) is 1. The first-order chi connectivity index (χ1) is 10.0. The van der Waals surface area contributed by atoms with E-state index in [1.807, 2.05) is 18.7 Å². The van der Waals surface area contributed by atoms with E-state index in [2.05, 4.69) is 29.3 Å². The number of rotatable bonds is 6. The van der Waals surface area contributed by atoms with Crippen molar-refractivity contribution in [2.24, 2.45) is 7.05 Å². The first-order valence-electron chi connectivity index (χ1n) is 7.74. The van der Waals surface area contributed by atoms with Gasteiger partial charge in [0, 0.05) is 32.6 Å². The number of hydrogen-bond donors (Lipinski definition) is 1. The summed E-state index contributed by atoms with van der Waals surface area (Å²) in [6.07, 6.45) is 2.15. The highest BCUT2D eigenvalue weighted by Gasteiger charge is 2.28. The molecule has 0 spiro atoms. The molecule has 1 aliphatic heterocycles. The Bertz CT molecular complexity index is 463. The summed E-state index contributed by atoms with van der Waals surface area (Å²) in [5.41, 5.74) is 1.98. The van der Waals surface area contributed by atoms with Crippen LogP contribution < -0.4 is 5.32 Å². The summed E-state index contributed by atoms with van der Waals surface area (Å²) in [7, 11) is 4.10. The largest absolute Gasteiger partial charge is 0.374 e. The molecule has 21 heavy (non-hydrogen) atoms. The van der Waals surface area contributed by atoms with Gasteiger partial charge in [0.1, 0.15) is 0 Å². The molecule has 1 aromatic rings. The van der Waals surface area contributed by atoms with Gasteiger partial charge in [-0.2, -0.15) is 5.10 Å². The van der Waals surface area contributed by atoms with Crippen molar-refractivity contribution in [3.8, 4) is 0 Å². The Morgan fingerprint density at radius 1 is 1.48 bits per heavy atom. The van der Waals surface area contributed by atoms with Crippen LogP contribution in [0.25, 0.3) is 0 Å². The number of nitrogens with one attached hydrogen (secondary N) is 1. The van der Waals surface area contributed by atoms with Gasteiger partial charge >= 0.3 is 0 Å². The summed E-state index contributed by atoms with van der Waals surface area (Å²) in [5.74, 6) is 0. The molecular formula is C15H27ClN4O. The van der Waals surface area contributed by atoms with Crippen LogP contribution in [0.3, 0.4) is 0 Å². The van der Waals surface area contributed by atoms with Crippen LogP contribution >= 0.6 is 11.6 Å². The molecule has 2 heterocycles. The predicted octanol–water partition coefficient (Wildman–Crippen LogP) is 1.62. The van der Waals surface area contributed by atoms with Crippen molar-refractivity contribution < 1.29 is 4.74 Å². The van der Waals surface area contributed by atoms with Crippen molar-refractivity contribution in [2.75, 3.05) is 33.3 Å². The molecule has 120 valence electrons. The number of halogens is 1.